The quantitative estimate of drug-likeness (QED) is 0.300. The molecule has 3 aromatic rings. The number of alkyl halides is 2. The van der Waals surface area contributed by atoms with Gasteiger partial charge in [-0.2, -0.15) is 8.78 Å². The highest BCUT2D eigenvalue weighted by molar-refractivity contribution is 9.10. The summed E-state index contributed by atoms with van der Waals surface area (Å²) in [7, 11) is -2.42. The van der Waals surface area contributed by atoms with Crippen molar-refractivity contribution in [3.8, 4) is 0 Å². The predicted octanol–water partition coefficient (Wildman–Crippen LogP) is 8.13. The number of hydrogen-bond donors (Lipinski definition) is 1. The van der Waals surface area contributed by atoms with E-state index in [0.717, 1.165) is 21.4 Å². The molecule has 9 heteroatoms. The van der Waals surface area contributed by atoms with Crippen molar-refractivity contribution in [1.29, 1.82) is 0 Å². The van der Waals surface area contributed by atoms with Gasteiger partial charge < -0.3 is 9.74 Å². The van der Waals surface area contributed by atoms with Crippen molar-refractivity contribution in [2.75, 3.05) is 11.9 Å². The lowest BCUT2D eigenvalue weighted by atomic mass is 10.00. The molecule has 1 aromatic heterocycles. The molecule has 184 valence electrons. The number of benzene rings is 2. The summed E-state index contributed by atoms with van der Waals surface area (Å²) in [5.41, 5.74) is 0.196. The van der Waals surface area contributed by atoms with Gasteiger partial charge in [-0.15, -0.1) is 0 Å². The molecule has 1 atom stereocenters. The number of anilines is 1. The summed E-state index contributed by atoms with van der Waals surface area (Å²) in [6, 6.07) is 9.06. The van der Waals surface area contributed by atoms with Gasteiger partial charge in [-0.3, -0.25) is 0 Å². The van der Waals surface area contributed by atoms with Crippen molar-refractivity contribution in [2.24, 2.45) is 0 Å². The number of halogens is 4. The minimum absolute atomic E-state index is 0.129. The third-order valence-corrected chi connectivity index (χ3v) is 11.4. The Morgan fingerprint density at radius 3 is 2.44 bits per heavy atom. The average Bonchev–Trinajstić information content (AvgIpc) is 2.72. The standard InChI is InChI=1S/C25H31BrF3N3OSi/c1-15(30-23-19-13-17(26)11-12-21(19)31-16(2)32-23)18-9-8-10-20(22(18)27)25(28,29)14-33-34(6,7)24(3,4)5/h8-13,15H,14H2,1-7H3,(H,30,31,32). The van der Waals surface area contributed by atoms with E-state index in [2.05, 4.69) is 31.2 Å². The van der Waals surface area contributed by atoms with Crippen LogP contribution < -0.4 is 5.32 Å². The monoisotopic (exact) mass is 553 g/mol. The average molecular weight is 555 g/mol. The highest BCUT2D eigenvalue weighted by atomic mass is 79.9. The molecule has 0 fully saturated rings. The Labute approximate surface area is 208 Å². The number of aryl methyl sites for hydroxylation is 1. The van der Waals surface area contributed by atoms with Gasteiger partial charge in [0.15, 0.2) is 8.32 Å². The van der Waals surface area contributed by atoms with Crippen LogP contribution in [0.15, 0.2) is 40.9 Å². The highest BCUT2D eigenvalue weighted by Crippen LogP contribution is 2.40. The summed E-state index contributed by atoms with van der Waals surface area (Å²) >= 11 is 3.44. The molecule has 1 unspecified atom stereocenters. The van der Waals surface area contributed by atoms with Crippen molar-refractivity contribution in [3.05, 3.63) is 63.6 Å². The molecule has 34 heavy (non-hydrogen) atoms. The number of aromatic nitrogens is 2. The summed E-state index contributed by atoms with van der Waals surface area (Å²) < 4.78 is 52.2. The van der Waals surface area contributed by atoms with Gasteiger partial charge >= 0.3 is 0 Å². The van der Waals surface area contributed by atoms with Gasteiger partial charge in [0.2, 0.25) is 0 Å². The van der Waals surface area contributed by atoms with E-state index in [0.29, 0.717) is 11.6 Å². The van der Waals surface area contributed by atoms with Crippen LogP contribution in [0.3, 0.4) is 0 Å². The van der Waals surface area contributed by atoms with Crippen molar-refractivity contribution in [1.82, 2.24) is 9.97 Å². The minimum atomic E-state index is -3.46. The largest absolute Gasteiger partial charge is 0.410 e. The maximum Gasteiger partial charge on any atom is 0.297 e. The second kappa shape index (κ2) is 9.58. The normalized spacial score (nSPS) is 13.9. The Balaban J connectivity index is 1.90. The molecule has 0 aliphatic rings. The molecular weight excluding hydrogens is 523 g/mol. The van der Waals surface area contributed by atoms with Crippen LogP contribution in [0.4, 0.5) is 19.0 Å². The molecule has 0 bridgehead atoms. The zero-order chi connectivity index (χ0) is 25.5. The Hall–Kier alpha value is -1.97. The Kier molecular flexibility index (Phi) is 7.51. The van der Waals surface area contributed by atoms with Gasteiger partial charge in [0.05, 0.1) is 17.1 Å². The molecule has 0 spiro atoms. The van der Waals surface area contributed by atoms with E-state index in [-0.39, 0.29) is 10.6 Å². The van der Waals surface area contributed by atoms with Crippen molar-refractivity contribution in [2.45, 2.75) is 64.7 Å². The second-order valence-electron chi connectivity index (χ2n) is 10.1. The first-order valence-corrected chi connectivity index (χ1v) is 14.8. The molecule has 0 saturated heterocycles. The van der Waals surface area contributed by atoms with E-state index in [4.69, 9.17) is 4.43 Å². The van der Waals surface area contributed by atoms with Gasteiger partial charge in [0.25, 0.3) is 5.92 Å². The fraction of sp³-hybridized carbons (Fsp3) is 0.440. The fourth-order valence-electron chi connectivity index (χ4n) is 3.34. The van der Waals surface area contributed by atoms with Crippen LogP contribution >= 0.6 is 15.9 Å². The van der Waals surface area contributed by atoms with E-state index in [1.54, 1.807) is 13.8 Å². The molecule has 1 N–H and O–H groups in total. The van der Waals surface area contributed by atoms with Gasteiger partial charge in [-0.25, -0.2) is 14.4 Å². The Morgan fingerprint density at radius 1 is 1.12 bits per heavy atom. The van der Waals surface area contributed by atoms with E-state index in [9.17, 15) is 0 Å². The molecule has 1 heterocycles. The molecule has 0 aliphatic heterocycles. The molecule has 0 radical (unpaired) electrons. The van der Waals surface area contributed by atoms with E-state index in [1.807, 2.05) is 52.1 Å². The van der Waals surface area contributed by atoms with Gasteiger partial charge in [-0.1, -0.05) is 48.8 Å². The van der Waals surface area contributed by atoms with E-state index in [1.165, 1.54) is 12.1 Å². The smallest absolute Gasteiger partial charge is 0.297 e. The van der Waals surface area contributed by atoms with Crippen molar-refractivity contribution >= 4 is 41.0 Å². The minimum Gasteiger partial charge on any atom is -0.410 e. The fourth-order valence-corrected chi connectivity index (χ4v) is 4.68. The Bertz CT molecular complexity index is 1200. The Morgan fingerprint density at radius 2 is 1.79 bits per heavy atom. The van der Waals surface area contributed by atoms with Crippen LogP contribution in [0, 0.1) is 12.7 Å². The van der Waals surface area contributed by atoms with Crippen LogP contribution in [-0.2, 0) is 10.3 Å². The lowest BCUT2D eigenvalue weighted by Gasteiger charge is -2.37. The maximum atomic E-state index is 15.4. The topological polar surface area (TPSA) is 47.0 Å². The third-order valence-electron chi connectivity index (χ3n) is 6.43. The third kappa shape index (κ3) is 5.63. The summed E-state index contributed by atoms with van der Waals surface area (Å²) in [4.78, 5) is 8.88. The van der Waals surface area contributed by atoms with Crippen LogP contribution in [-0.4, -0.2) is 24.9 Å². The molecule has 0 amide bonds. The summed E-state index contributed by atoms with van der Waals surface area (Å²) in [6.45, 7) is 12.3. The molecule has 0 aliphatic carbocycles. The number of rotatable bonds is 7. The number of fused-ring (bicyclic) bond motifs is 1. The van der Waals surface area contributed by atoms with Crippen LogP contribution in [0.1, 0.15) is 50.7 Å². The van der Waals surface area contributed by atoms with Crippen LogP contribution in [0.2, 0.25) is 18.1 Å². The van der Waals surface area contributed by atoms with Crippen LogP contribution in [0.5, 0.6) is 0 Å². The first-order chi connectivity index (χ1) is 15.6. The molecule has 2 aromatic carbocycles. The SMILES string of the molecule is Cc1nc(NC(C)c2cccc(C(F)(F)CO[Si](C)(C)C(C)(C)C)c2F)c2cc(Br)ccc2n1. The van der Waals surface area contributed by atoms with Gasteiger partial charge in [0, 0.05) is 15.4 Å². The molecule has 0 saturated carbocycles. The van der Waals surface area contributed by atoms with Gasteiger partial charge in [-0.05, 0) is 56.2 Å². The summed E-state index contributed by atoms with van der Waals surface area (Å²) in [5, 5.41) is 3.70. The van der Waals surface area contributed by atoms with E-state index >= 15 is 13.2 Å². The van der Waals surface area contributed by atoms with Gasteiger partial charge in [0.1, 0.15) is 24.1 Å². The highest BCUT2D eigenvalue weighted by Gasteiger charge is 2.43. The summed E-state index contributed by atoms with van der Waals surface area (Å²) in [5.74, 6) is -3.34. The van der Waals surface area contributed by atoms with Crippen molar-refractivity contribution < 1.29 is 17.6 Å². The van der Waals surface area contributed by atoms with E-state index < -0.39 is 38.3 Å². The van der Waals surface area contributed by atoms with Crippen molar-refractivity contribution in [3.63, 3.8) is 0 Å². The predicted molar refractivity (Wildman–Crippen MR) is 137 cm³/mol. The van der Waals surface area contributed by atoms with Crippen LogP contribution in [0.25, 0.3) is 10.9 Å². The molecule has 3 rings (SSSR count). The second-order valence-corrected chi connectivity index (χ2v) is 15.8. The molecule has 4 nitrogen and oxygen atoms in total. The molecular formula is C25H31BrF3N3OSi. The number of nitrogens with zero attached hydrogens (tertiary/aromatic N) is 2. The lowest BCUT2D eigenvalue weighted by Crippen LogP contribution is -2.43. The zero-order valence-electron chi connectivity index (χ0n) is 20.6. The first-order valence-electron chi connectivity index (χ1n) is 11.1. The summed E-state index contributed by atoms with van der Waals surface area (Å²) in [6.07, 6.45) is 0. The number of hydrogen-bond acceptors (Lipinski definition) is 4. The first kappa shape index (κ1) is 26.6. The maximum absolute atomic E-state index is 15.4. The number of nitrogens with one attached hydrogen (secondary N) is 1. The zero-order valence-corrected chi connectivity index (χ0v) is 23.1. The lowest BCUT2D eigenvalue weighted by molar-refractivity contribution is -0.0536.